The number of methoxy groups -OCH3 is 1. The van der Waals surface area contributed by atoms with E-state index in [1.165, 1.54) is 0 Å². The highest BCUT2D eigenvalue weighted by Crippen LogP contribution is 2.31. The Morgan fingerprint density at radius 2 is 2.16 bits per heavy atom. The standard InChI is InChI=1S/C16H21F3N2O3.ClH/c1-23-13-6-2-4-11(8-13)12-5-3-7-21(9-12)10-14(16(17,18)19)24-15(20)22;/h2,4,6,8,12,14H,3,5,7,9-10H2,1H3,(H2,20,22);1H. The van der Waals surface area contributed by atoms with Gasteiger partial charge < -0.3 is 15.2 Å². The molecule has 2 N–H and O–H groups in total. The van der Waals surface area contributed by atoms with E-state index in [1.807, 2.05) is 24.3 Å². The van der Waals surface area contributed by atoms with Gasteiger partial charge in [-0.3, -0.25) is 4.90 Å². The van der Waals surface area contributed by atoms with Crippen molar-refractivity contribution >= 4 is 18.5 Å². The van der Waals surface area contributed by atoms with E-state index in [2.05, 4.69) is 4.74 Å². The molecule has 0 aliphatic carbocycles. The summed E-state index contributed by atoms with van der Waals surface area (Å²) in [5.41, 5.74) is 5.78. The van der Waals surface area contributed by atoms with Crippen molar-refractivity contribution in [1.82, 2.24) is 4.90 Å². The third-order valence-corrected chi connectivity index (χ3v) is 4.12. The van der Waals surface area contributed by atoms with E-state index in [1.54, 1.807) is 12.0 Å². The lowest BCUT2D eigenvalue weighted by Crippen LogP contribution is -2.47. The molecule has 1 aromatic carbocycles. The molecule has 0 radical (unpaired) electrons. The lowest BCUT2D eigenvalue weighted by atomic mass is 9.90. The third kappa shape index (κ3) is 6.28. The minimum atomic E-state index is -4.64. The van der Waals surface area contributed by atoms with Gasteiger partial charge in [-0.25, -0.2) is 4.79 Å². The van der Waals surface area contributed by atoms with Crippen molar-refractivity contribution in [3.63, 3.8) is 0 Å². The zero-order valence-corrected chi connectivity index (χ0v) is 14.6. The van der Waals surface area contributed by atoms with Crippen LogP contribution in [0.4, 0.5) is 18.0 Å². The van der Waals surface area contributed by atoms with Crippen molar-refractivity contribution in [2.45, 2.75) is 31.0 Å². The fraction of sp³-hybridized carbons (Fsp3) is 0.562. The van der Waals surface area contributed by atoms with Gasteiger partial charge in [0.2, 0.25) is 6.10 Å². The number of alkyl halides is 3. The fourth-order valence-electron chi connectivity index (χ4n) is 2.97. The van der Waals surface area contributed by atoms with E-state index in [-0.39, 0.29) is 18.3 Å². The van der Waals surface area contributed by atoms with E-state index >= 15 is 0 Å². The summed E-state index contributed by atoms with van der Waals surface area (Å²) >= 11 is 0. The molecule has 0 aromatic heterocycles. The summed E-state index contributed by atoms with van der Waals surface area (Å²) < 4.78 is 48.4. The van der Waals surface area contributed by atoms with Crippen LogP contribution in [0, 0.1) is 0 Å². The SMILES string of the molecule is COc1cccc(C2CCCN(CC(OC(N)=O)C(F)(F)F)C2)c1.Cl. The predicted molar refractivity (Wildman–Crippen MR) is 89.2 cm³/mol. The Kier molecular flexibility index (Phi) is 7.82. The Morgan fingerprint density at radius 1 is 1.44 bits per heavy atom. The number of halogens is 4. The number of ether oxygens (including phenoxy) is 2. The second kappa shape index (κ2) is 9.15. The number of amides is 1. The molecule has 2 atom stereocenters. The Bertz CT molecular complexity index is 572. The maximum Gasteiger partial charge on any atom is 0.426 e. The van der Waals surface area contributed by atoms with Crippen molar-refractivity contribution < 1.29 is 27.4 Å². The first-order valence-electron chi connectivity index (χ1n) is 7.68. The number of nitrogens with zero attached hydrogens (tertiary/aromatic N) is 1. The van der Waals surface area contributed by atoms with Gasteiger partial charge in [-0.2, -0.15) is 13.2 Å². The molecule has 1 aliphatic heterocycles. The minimum absolute atomic E-state index is 0. The highest BCUT2D eigenvalue weighted by atomic mass is 35.5. The summed E-state index contributed by atoms with van der Waals surface area (Å²) in [6.45, 7) is 0.573. The van der Waals surface area contributed by atoms with Crippen LogP contribution in [0.5, 0.6) is 5.75 Å². The Balaban J connectivity index is 0.00000312. The smallest absolute Gasteiger partial charge is 0.426 e. The first-order chi connectivity index (χ1) is 11.3. The van der Waals surface area contributed by atoms with Gasteiger partial charge in [0.25, 0.3) is 0 Å². The Hall–Kier alpha value is -1.67. The third-order valence-electron chi connectivity index (χ3n) is 4.12. The molecule has 1 amide bonds. The maximum absolute atomic E-state index is 13.0. The number of hydrogen-bond acceptors (Lipinski definition) is 4. The molecule has 142 valence electrons. The molecule has 5 nitrogen and oxygen atoms in total. The van der Waals surface area contributed by atoms with Crippen LogP contribution < -0.4 is 10.5 Å². The minimum Gasteiger partial charge on any atom is -0.497 e. The molecule has 9 heteroatoms. The number of rotatable bonds is 5. The van der Waals surface area contributed by atoms with Gasteiger partial charge in [0.05, 0.1) is 7.11 Å². The van der Waals surface area contributed by atoms with E-state index in [9.17, 15) is 18.0 Å². The number of carbonyl (C=O) groups excluding carboxylic acids is 1. The summed E-state index contributed by atoms with van der Waals surface area (Å²) in [5, 5.41) is 0. The van der Waals surface area contributed by atoms with Crippen LogP contribution >= 0.6 is 12.4 Å². The molecule has 2 rings (SSSR count). The molecule has 0 spiro atoms. The molecule has 0 bridgehead atoms. The molecular weight excluding hydrogens is 361 g/mol. The normalized spacial score (nSPS) is 19.6. The number of primary amides is 1. The van der Waals surface area contributed by atoms with Gasteiger partial charge in [0.1, 0.15) is 5.75 Å². The highest BCUT2D eigenvalue weighted by molar-refractivity contribution is 5.85. The topological polar surface area (TPSA) is 64.8 Å². The van der Waals surface area contributed by atoms with Crippen LogP contribution in [0.15, 0.2) is 24.3 Å². The summed E-state index contributed by atoms with van der Waals surface area (Å²) in [4.78, 5) is 12.4. The summed E-state index contributed by atoms with van der Waals surface area (Å²) in [6.07, 6.45) is -6.62. The maximum atomic E-state index is 13.0. The van der Waals surface area contributed by atoms with Crippen LogP contribution in [0.2, 0.25) is 0 Å². The van der Waals surface area contributed by atoms with E-state index < -0.39 is 24.9 Å². The van der Waals surface area contributed by atoms with Gasteiger partial charge in [-0.15, -0.1) is 12.4 Å². The molecule has 1 fully saturated rings. The highest BCUT2D eigenvalue weighted by Gasteiger charge is 2.44. The summed E-state index contributed by atoms with van der Waals surface area (Å²) in [7, 11) is 1.57. The molecule has 1 heterocycles. The van der Waals surface area contributed by atoms with Crippen molar-refractivity contribution in [2.24, 2.45) is 5.73 Å². The van der Waals surface area contributed by atoms with Gasteiger partial charge in [0, 0.05) is 13.1 Å². The second-order valence-electron chi connectivity index (χ2n) is 5.84. The molecule has 25 heavy (non-hydrogen) atoms. The Morgan fingerprint density at radius 3 is 2.76 bits per heavy atom. The molecular formula is C16H22ClF3N2O3. The van der Waals surface area contributed by atoms with Crippen LogP contribution in [-0.2, 0) is 4.74 Å². The fourth-order valence-corrected chi connectivity index (χ4v) is 2.97. The van der Waals surface area contributed by atoms with Gasteiger partial charge in [0.15, 0.2) is 0 Å². The van der Waals surface area contributed by atoms with Gasteiger partial charge in [-0.05, 0) is 43.0 Å². The number of hydrogen-bond donors (Lipinski definition) is 1. The Labute approximate surface area is 150 Å². The average Bonchev–Trinajstić information content (AvgIpc) is 2.53. The van der Waals surface area contributed by atoms with Gasteiger partial charge >= 0.3 is 12.3 Å². The van der Waals surface area contributed by atoms with Crippen molar-refractivity contribution in [3.05, 3.63) is 29.8 Å². The van der Waals surface area contributed by atoms with Crippen LogP contribution in [0.1, 0.15) is 24.3 Å². The monoisotopic (exact) mass is 382 g/mol. The second-order valence-corrected chi connectivity index (χ2v) is 5.84. The van der Waals surface area contributed by atoms with Crippen molar-refractivity contribution in [3.8, 4) is 5.75 Å². The number of nitrogens with two attached hydrogens (primary N) is 1. The lowest BCUT2D eigenvalue weighted by Gasteiger charge is -2.35. The molecule has 1 aliphatic rings. The first-order valence-corrected chi connectivity index (χ1v) is 7.68. The van der Waals surface area contributed by atoms with Crippen molar-refractivity contribution in [2.75, 3.05) is 26.7 Å². The quantitative estimate of drug-likeness (QED) is 0.848. The van der Waals surface area contributed by atoms with E-state index in [0.29, 0.717) is 13.1 Å². The zero-order valence-electron chi connectivity index (χ0n) is 13.8. The molecule has 1 saturated heterocycles. The summed E-state index contributed by atoms with van der Waals surface area (Å²) in [5.74, 6) is 0.825. The summed E-state index contributed by atoms with van der Waals surface area (Å²) in [6, 6.07) is 7.53. The number of piperidine rings is 1. The van der Waals surface area contributed by atoms with E-state index in [0.717, 1.165) is 24.2 Å². The number of benzene rings is 1. The largest absolute Gasteiger partial charge is 0.497 e. The zero-order chi connectivity index (χ0) is 17.7. The van der Waals surface area contributed by atoms with Crippen LogP contribution in [0.25, 0.3) is 0 Å². The first kappa shape index (κ1) is 21.4. The average molecular weight is 383 g/mol. The molecule has 2 unspecified atom stereocenters. The number of carbonyl (C=O) groups is 1. The van der Waals surface area contributed by atoms with Crippen LogP contribution in [-0.4, -0.2) is 50.0 Å². The van der Waals surface area contributed by atoms with Gasteiger partial charge in [-0.1, -0.05) is 12.1 Å². The van der Waals surface area contributed by atoms with Crippen LogP contribution in [0.3, 0.4) is 0 Å². The molecule has 0 saturated carbocycles. The van der Waals surface area contributed by atoms with E-state index in [4.69, 9.17) is 10.5 Å². The lowest BCUT2D eigenvalue weighted by molar-refractivity contribution is -0.207. The van der Waals surface area contributed by atoms with Crippen molar-refractivity contribution in [1.29, 1.82) is 0 Å². The molecule has 1 aromatic rings. The predicted octanol–water partition coefficient (Wildman–Crippen LogP) is 3.32. The number of likely N-dealkylation sites (tertiary alicyclic amines) is 1.